The van der Waals surface area contributed by atoms with E-state index in [0.29, 0.717) is 6.54 Å². The average Bonchev–Trinajstić information content (AvgIpc) is 2.96. The van der Waals surface area contributed by atoms with Gasteiger partial charge in [-0.05, 0) is 18.6 Å². The van der Waals surface area contributed by atoms with E-state index in [1.165, 1.54) is 0 Å². The summed E-state index contributed by atoms with van der Waals surface area (Å²) in [6, 6.07) is 10.0. The molecule has 1 aliphatic heterocycles. The van der Waals surface area contributed by atoms with Crippen LogP contribution in [0, 0.1) is 0 Å². The Balaban J connectivity index is 1.73. The maximum atomic E-state index is 4.49. The summed E-state index contributed by atoms with van der Waals surface area (Å²) >= 11 is 0. The third-order valence-electron chi connectivity index (χ3n) is 3.30. The first-order chi connectivity index (χ1) is 9.84. The van der Waals surface area contributed by atoms with Crippen molar-refractivity contribution in [1.82, 2.24) is 25.0 Å². The summed E-state index contributed by atoms with van der Waals surface area (Å²) < 4.78 is 1.84. The van der Waals surface area contributed by atoms with E-state index in [2.05, 4.69) is 25.3 Å². The van der Waals surface area contributed by atoms with Crippen LogP contribution >= 0.6 is 0 Å². The van der Waals surface area contributed by atoms with Crippen molar-refractivity contribution in [2.75, 3.05) is 20.1 Å². The predicted octanol–water partition coefficient (Wildman–Crippen LogP) is 1.05. The molecule has 20 heavy (non-hydrogen) atoms. The summed E-state index contributed by atoms with van der Waals surface area (Å²) in [6.07, 6.45) is 2.69. The smallest absolute Gasteiger partial charge is 0.194 e. The number of aliphatic imine (C=N–C) groups is 1. The van der Waals surface area contributed by atoms with Crippen molar-refractivity contribution >= 4 is 5.96 Å². The molecular formula is C14H18N6. The van der Waals surface area contributed by atoms with Gasteiger partial charge in [-0.3, -0.25) is 4.99 Å². The second-order valence-corrected chi connectivity index (χ2v) is 4.76. The van der Waals surface area contributed by atoms with Crippen LogP contribution in [0.4, 0.5) is 0 Å². The van der Waals surface area contributed by atoms with Crippen LogP contribution in [0.15, 0.2) is 41.7 Å². The van der Waals surface area contributed by atoms with E-state index >= 15 is 0 Å². The van der Waals surface area contributed by atoms with Crippen molar-refractivity contribution in [2.24, 2.45) is 4.99 Å². The molecular weight excluding hydrogens is 252 g/mol. The molecule has 1 aromatic heterocycles. The van der Waals surface area contributed by atoms with Gasteiger partial charge in [0.05, 0.1) is 12.2 Å². The fourth-order valence-electron chi connectivity index (χ4n) is 2.24. The number of aromatic nitrogens is 3. The number of hydrogen-bond donors (Lipinski definition) is 1. The predicted molar refractivity (Wildman–Crippen MR) is 77.7 cm³/mol. The van der Waals surface area contributed by atoms with E-state index in [0.717, 1.165) is 37.0 Å². The highest BCUT2D eigenvalue weighted by atomic mass is 15.4. The minimum absolute atomic E-state index is 0.609. The second kappa shape index (κ2) is 5.73. The molecule has 0 saturated heterocycles. The van der Waals surface area contributed by atoms with Crippen LogP contribution in [0.2, 0.25) is 0 Å². The number of nitrogens with zero attached hydrogens (tertiary/aromatic N) is 5. The molecule has 2 heterocycles. The molecule has 0 aliphatic carbocycles. The Morgan fingerprint density at radius 1 is 1.25 bits per heavy atom. The molecule has 0 bridgehead atoms. The van der Waals surface area contributed by atoms with E-state index in [-0.39, 0.29) is 0 Å². The van der Waals surface area contributed by atoms with Gasteiger partial charge in [0.1, 0.15) is 6.33 Å². The van der Waals surface area contributed by atoms with Gasteiger partial charge in [-0.25, -0.2) is 9.67 Å². The summed E-state index contributed by atoms with van der Waals surface area (Å²) in [6.45, 7) is 2.54. The van der Waals surface area contributed by atoms with Crippen LogP contribution in [0.5, 0.6) is 0 Å². The van der Waals surface area contributed by atoms with Crippen molar-refractivity contribution in [1.29, 1.82) is 0 Å². The van der Waals surface area contributed by atoms with E-state index in [1.807, 2.05) is 42.1 Å². The molecule has 0 radical (unpaired) electrons. The van der Waals surface area contributed by atoms with Gasteiger partial charge in [-0.15, -0.1) is 0 Å². The first-order valence-electron chi connectivity index (χ1n) is 6.78. The Morgan fingerprint density at radius 3 is 2.90 bits per heavy atom. The fourth-order valence-corrected chi connectivity index (χ4v) is 2.24. The highest BCUT2D eigenvalue weighted by molar-refractivity contribution is 5.80. The largest absolute Gasteiger partial charge is 0.349 e. The molecule has 1 N–H and O–H groups in total. The Labute approximate surface area is 118 Å². The Kier molecular flexibility index (Phi) is 3.62. The molecule has 0 amide bonds. The molecule has 2 aromatic rings. The first kappa shape index (κ1) is 12.7. The highest BCUT2D eigenvalue weighted by Crippen LogP contribution is 2.08. The zero-order valence-electron chi connectivity index (χ0n) is 11.5. The van der Waals surface area contributed by atoms with Crippen molar-refractivity contribution in [3.63, 3.8) is 0 Å². The lowest BCUT2D eigenvalue weighted by molar-refractivity contribution is 0.444. The second-order valence-electron chi connectivity index (χ2n) is 4.76. The number of hydrogen-bond acceptors (Lipinski definition) is 5. The van der Waals surface area contributed by atoms with E-state index < -0.39 is 0 Å². The number of para-hydroxylation sites is 1. The van der Waals surface area contributed by atoms with Gasteiger partial charge < -0.3 is 10.2 Å². The van der Waals surface area contributed by atoms with Gasteiger partial charge in [-0.1, -0.05) is 18.2 Å². The van der Waals surface area contributed by atoms with Crippen LogP contribution in [-0.4, -0.2) is 45.8 Å². The van der Waals surface area contributed by atoms with Gasteiger partial charge in [0.2, 0.25) is 0 Å². The Morgan fingerprint density at radius 2 is 2.10 bits per heavy atom. The maximum absolute atomic E-state index is 4.49. The van der Waals surface area contributed by atoms with Crippen LogP contribution in [-0.2, 0) is 6.54 Å². The van der Waals surface area contributed by atoms with Gasteiger partial charge in [0, 0.05) is 20.1 Å². The molecule has 6 nitrogen and oxygen atoms in total. The zero-order valence-corrected chi connectivity index (χ0v) is 11.5. The van der Waals surface area contributed by atoms with Gasteiger partial charge in [0.25, 0.3) is 0 Å². The van der Waals surface area contributed by atoms with E-state index in [4.69, 9.17) is 0 Å². The molecule has 1 aromatic carbocycles. The third-order valence-corrected chi connectivity index (χ3v) is 3.30. The molecule has 6 heteroatoms. The summed E-state index contributed by atoms with van der Waals surface area (Å²) in [4.78, 5) is 10.9. The summed E-state index contributed by atoms with van der Waals surface area (Å²) in [5.74, 6) is 1.80. The van der Waals surface area contributed by atoms with Crippen LogP contribution in [0.25, 0.3) is 5.69 Å². The van der Waals surface area contributed by atoms with Crippen molar-refractivity contribution in [3.8, 4) is 5.69 Å². The van der Waals surface area contributed by atoms with Crippen molar-refractivity contribution in [3.05, 3.63) is 42.5 Å². The van der Waals surface area contributed by atoms with Crippen molar-refractivity contribution in [2.45, 2.75) is 13.0 Å². The lowest BCUT2D eigenvalue weighted by Gasteiger charge is -2.25. The van der Waals surface area contributed by atoms with Gasteiger partial charge in [-0.2, -0.15) is 5.10 Å². The quantitative estimate of drug-likeness (QED) is 0.905. The number of rotatable bonds is 3. The topological polar surface area (TPSA) is 58.3 Å². The average molecular weight is 270 g/mol. The maximum Gasteiger partial charge on any atom is 0.194 e. The number of benzene rings is 1. The minimum atomic E-state index is 0.609. The standard InChI is InChI=1S/C14H18N6/c1-19-9-5-8-15-14(19)16-10-13-17-11-18-20(13)12-6-3-2-4-7-12/h2-4,6-7,11H,5,8-10H2,1H3,(H,15,16). The summed E-state index contributed by atoms with van der Waals surface area (Å²) in [5, 5.41) is 7.62. The molecule has 0 unspecified atom stereocenters. The summed E-state index contributed by atoms with van der Waals surface area (Å²) in [7, 11) is 2.05. The number of nitrogens with one attached hydrogen (secondary N) is 1. The third kappa shape index (κ3) is 2.64. The van der Waals surface area contributed by atoms with Crippen LogP contribution < -0.4 is 5.32 Å². The fraction of sp³-hybridized carbons (Fsp3) is 0.357. The monoisotopic (exact) mass is 270 g/mol. The molecule has 104 valence electrons. The van der Waals surface area contributed by atoms with Crippen LogP contribution in [0.3, 0.4) is 0 Å². The Hall–Kier alpha value is -2.37. The molecule has 0 saturated carbocycles. The molecule has 1 aliphatic rings. The highest BCUT2D eigenvalue weighted by Gasteiger charge is 2.12. The lowest BCUT2D eigenvalue weighted by atomic mass is 10.3. The Bertz CT molecular complexity index is 589. The van der Waals surface area contributed by atoms with Crippen LogP contribution in [0.1, 0.15) is 12.2 Å². The van der Waals surface area contributed by atoms with Crippen molar-refractivity contribution < 1.29 is 0 Å². The minimum Gasteiger partial charge on any atom is -0.349 e. The van der Waals surface area contributed by atoms with E-state index in [1.54, 1.807) is 6.33 Å². The summed E-state index contributed by atoms with van der Waals surface area (Å²) in [5.41, 5.74) is 1.01. The lowest BCUT2D eigenvalue weighted by Crippen LogP contribution is -2.42. The molecule has 0 spiro atoms. The first-order valence-corrected chi connectivity index (χ1v) is 6.78. The van der Waals surface area contributed by atoms with Gasteiger partial charge >= 0.3 is 0 Å². The number of guanidine groups is 1. The van der Waals surface area contributed by atoms with E-state index in [9.17, 15) is 0 Å². The zero-order chi connectivity index (χ0) is 13.8. The van der Waals surface area contributed by atoms with Gasteiger partial charge in [0.15, 0.2) is 11.8 Å². The molecule has 3 rings (SSSR count). The molecule has 0 fully saturated rings. The normalized spacial score (nSPS) is 15.1. The SMILES string of the molecule is CN1CCCN=C1NCc1ncnn1-c1ccccc1. The molecule has 0 atom stereocenters.